The molecule has 0 spiro atoms. The van der Waals surface area contributed by atoms with Crippen molar-refractivity contribution < 1.29 is 4.74 Å². The number of H-pyrrole nitrogens is 1. The fourth-order valence-electron chi connectivity index (χ4n) is 2.00. The summed E-state index contributed by atoms with van der Waals surface area (Å²) in [5.41, 5.74) is 2.56. The van der Waals surface area contributed by atoms with E-state index in [9.17, 15) is 0 Å². The fourth-order valence-corrected chi connectivity index (χ4v) is 2.00. The Morgan fingerprint density at radius 1 is 1.19 bits per heavy atom. The maximum Gasteiger partial charge on any atom is 0.226 e. The molecule has 0 bridgehead atoms. The van der Waals surface area contributed by atoms with E-state index in [1.165, 1.54) is 0 Å². The molecule has 0 atom stereocenters. The van der Waals surface area contributed by atoms with Gasteiger partial charge in [0.1, 0.15) is 11.3 Å². The summed E-state index contributed by atoms with van der Waals surface area (Å²) in [7, 11) is 3.43. The van der Waals surface area contributed by atoms with Crippen molar-refractivity contribution in [3.63, 3.8) is 0 Å². The highest BCUT2D eigenvalue weighted by atomic mass is 16.5. The largest absolute Gasteiger partial charge is 0.497 e. The number of hydrogen-bond acceptors (Lipinski definition) is 6. The lowest BCUT2D eigenvalue weighted by molar-refractivity contribution is 0.414. The van der Waals surface area contributed by atoms with Crippen LogP contribution >= 0.6 is 0 Å². The molecule has 108 valence electrons. The molecule has 3 aromatic rings. The number of hydrogen-bond donors (Lipinski definition) is 3. The van der Waals surface area contributed by atoms with Crippen molar-refractivity contribution in [1.82, 2.24) is 19.9 Å². The number of anilines is 2. The predicted octanol–water partition coefficient (Wildman–Crippen LogP) is 2.02. The Morgan fingerprint density at radius 2 is 2.00 bits per heavy atom. The van der Waals surface area contributed by atoms with Crippen molar-refractivity contribution in [2.75, 3.05) is 24.8 Å². The summed E-state index contributed by atoms with van der Waals surface area (Å²) < 4.78 is 5.15. The van der Waals surface area contributed by atoms with E-state index in [2.05, 4.69) is 30.6 Å². The molecule has 0 radical (unpaired) electrons. The first kappa shape index (κ1) is 13.2. The minimum absolute atomic E-state index is 0.534. The van der Waals surface area contributed by atoms with Gasteiger partial charge in [-0.15, -0.1) is 0 Å². The van der Waals surface area contributed by atoms with Gasteiger partial charge in [0, 0.05) is 13.6 Å². The quantitative estimate of drug-likeness (QED) is 0.664. The predicted molar refractivity (Wildman–Crippen MR) is 81.6 cm³/mol. The van der Waals surface area contributed by atoms with Crippen molar-refractivity contribution in [1.29, 1.82) is 0 Å². The van der Waals surface area contributed by atoms with Crippen molar-refractivity contribution in [3.8, 4) is 5.75 Å². The highest BCUT2D eigenvalue weighted by molar-refractivity contribution is 5.83. The van der Waals surface area contributed by atoms with Crippen LogP contribution in [0.2, 0.25) is 0 Å². The number of nitrogens with zero attached hydrogens (tertiary/aromatic N) is 3. The lowest BCUT2D eigenvalue weighted by Gasteiger charge is -2.08. The highest BCUT2D eigenvalue weighted by Crippen LogP contribution is 2.19. The summed E-state index contributed by atoms with van der Waals surface area (Å²) in [6.45, 7) is 0.651. The van der Waals surface area contributed by atoms with E-state index in [-0.39, 0.29) is 0 Å². The molecule has 0 unspecified atom stereocenters. The SMILES string of the molecule is CNc1nc(NCc2ccc(OC)cc2)c2[nH]cnc2n1. The molecule has 3 rings (SSSR count). The molecule has 0 saturated heterocycles. The van der Waals surface area contributed by atoms with Crippen LogP contribution in [-0.2, 0) is 6.54 Å². The molecule has 3 N–H and O–H groups in total. The van der Waals surface area contributed by atoms with E-state index < -0.39 is 0 Å². The Balaban J connectivity index is 1.81. The molecule has 1 aromatic carbocycles. The molecule has 0 aliphatic heterocycles. The third kappa shape index (κ3) is 2.71. The summed E-state index contributed by atoms with van der Waals surface area (Å²) in [6.07, 6.45) is 1.61. The average molecular weight is 284 g/mol. The number of methoxy groups -OCH3 is 1. The summed E-state index contributed by atoms with van der Waals surface area (Å²) in [6, 6.07) is 7.88. The zero-order valence-corrected chi connectivity index (χ0v) is 11.8. The minimum Gasteiger partial charge on any atom is -0.497 e. The maximum atomic E-state index is 5.15. The molecule has 21 heavy (non-hydrogen) atoms. The van der Waals surface area contributed by atoms with Gasteiger partial charge in [-0.2, -0.15) is 9.97 Å². The first-order valence-corrected chi connectivity index (χ1v) is 6.56. The first-order chi connectivity index (χ1) is 10.3. The smallest absolute Gasteiger partial charge is 0.226 e. The Bertz CT molecular complexity index is 737. The fraction of sp³-hybridized carbons (Fsp3) is 0.214. The van der Waals surface area contributed by atoms with E-state index in [4.69, 9.17) is 4.74 Å². The number of imidazole rings is 1. The summed E-state index contributed by atoms with van der Waals surface area (Å²) in [5, 5.41) is 6.23. The van der Waals surface area contributed by atoms with Crippen LogP contribution in [0.5, 0.6) is 5.75 Å². The highest BCUT2D eigenvalue weighted by Gasteiger charge is 2.08. The Kier molecular flexibility index (Phi) is 3.55. The number of aromatic nitrogens is 4. The maximum absolute atomic E-state index is 5.15. The summed E-state index contributed by atoms with van der Waals surface area (Å²) in [4.78, 5) is 15.9. The van der Waals surface area contributed by atoms with Crippen LogP contribution in [0.15, 0.2) is 30.6 Å². The van der Waals surface area contributed by atoms with Crippen LogP contribution < -0.4 is 15.4 Å². The molecule has 7 heteroatoms. The molecule has 7 nitrogen and oxygen atoms in total. The molecule has 2 heterocycles. The van der Waals surface area contributed by atoms with Gasteiger partial charge in [0.25, 0.3) is 0 Å². The standard InChI is InChI=1S/C14H16N6O/c1-15-14-19-12(11-13(20-14)18-8-17-11)16-7-9-3-5-10(21-2)6-4-9/h3-6,8H,7H2,1-2H3,(H3,15,16,17,18,19,20). The summed E-state index contributed by atoms with van der Waals surface area (Å²) >= 11 is 0. The van der Waals surface area contributed by atoms with Crippen LogP contribution in [0, 0.1) is 0 Å². The normalized spacial score (nSPS) is 10.6. The van der Waals surface area contributed by atoms with Crippen molar-refractivity contribution >= 4 is 22.9 Å². The average Bonchev–Trinajstić information content (AvgIpc) is 3.01. The van der Waals surface area contributed by atoms with Crippen LogP contribution in [0.1, 0.15) is 5.56 Å². The third-order valence-corrected chi connectivity index (χ3v) is 3.13. The van der Waals surface area contributed by atoms with Crippen molar-refractivity contribution in [3.05, 3.63) is 36.2 Å². The number of aromatic amines is 1. The second-order valence-corrected chi connectivity index (χ2v) is 4.45. The Hall–Kier alpha value is -2.83. The van der Waals surface area contributed by atoms with Gasteiger partial charge >= 0.3 is 0 Å². The molecule has 2 aromatic heterocycles. The molecular weight excluding hydrogens is 268 g/mol. The van der Waals surface area contributed by atoms with E-state index in [1.54, 1.807) is 20.5 Å². The summed E-state index contributed by atoms with van der Waals surface area (Å²) in [5.74, 6) is 2.10. The van der Waals surface area contributed by atoms with Crippen LogP contribution in [0.25, 0.3) is 11.2 Å². The van der Waals surface area contributed by atoms with Crippen LogP contribution in [-0.4, -0.2) is 34.1 Å². The number of fused-ring (bicyclic) bond motifs is 1. The number of rotatable bonds is 5. The van der Waals surface area contributed by atoms with Crippen molar-refractivity contribution in [2.24, 2.45) is 0 Å². The molecule has 0 amide bonds. The third-order valence-electron chi connectivity index (χ3n) is 3.13. The second-order valence-electron chi connectivity index (χ2n) is 4.45. The Morgan fingerprint density at radius 3 is 2.71 bits per heavy atom. The van der Waals surface area contributed by atoms with E-state index in [0.717, 1.165) is 22.6 Å². The van der Waals surface area contributed by atoms with Gasteiger partial charge in [-0.1, -0.05) is 12.1 Å². The van der Waals surface area contributed by atoms with Gasteiger partial charge in [-0.05, 0) is 17.7 Å². The van der Waals surface area contributed by atoms with Gasteiger partial charge in [0.05, 0.1) is 13.4 Å². The molecule has 0 saturated carbocycles. The van der Waals surface area contributed by atoms with E-state index in [1.807, 2.05) is 24.3 Å². The van der Waals surface area contributed by atoms with Crippen molar-refractivity contribution in [2.45, 2.75) is 6.54 Å². The van der Waals surface area contributed by atoms with Crippen LogP contribution in [0.3, 0.4) is 0 Å². The Labute approximate surface area is 121 Å². The van der Waals surface area contributed by atoms with Gasteiger partial charge in [-0.25, -0.2) is 4.98 Å². The van der Waals surface area contributed by atoms with Gasteiger partial charge in [0.15, 0.2) is 11.5 Å². The first-order valence-electron chi connectivity index (χ1n) is 6.56. The second kappa shape index (κ2) is 5.66. The number of nitrogens with one attached hydrogen (secondary N) is 3. The van der Waals surface area contributed by atoms with E-state index >= 15 is 0 Å². The van der Waals surface area contributed by atoms with Gasteiger partial charge in [-0.3, -0.25) is 0 Å². The van der Waals surface area contributed by atoms with Gasteiger partial charge < -0.3 is 20.4 Å². The lowest BCUT2D eigenvalue weighted by Crippen LogP contribution is -2.05. The lowest BCUT2D eigenvalue weighted by atomic mass is 10.2. The number of ether oxygens (including phenoxy) is 1. The minimum atomic E-state index is 0.534. The number of benzene rings is 1. The van der Waals surface area contributed by atoms with Crippen LogP contribution in [0.4, 0.5) is 11.8 Å². The molecule has 0 aliphatic carbocycles. The van der Waals surface area contributed by atoms with E-state index in [0.29, 0.717) is 18.1 Å². The molecular formula is C14H16N6O. The monoisotopic (exact) mass is 284 g/mol. The molecule has 0 aliphatic rings. The molecule has 0 fully saturated rings. The van der Waals surface area contributed by atoms with Gasteiger partial charge in [0.2, 0.25) is 5.95 Å². The topological polar surface area (TPSA) is 87.8 Å². The zero-order valence-electron chi connectivity index (χ0n) is 11.8. The zero-order chi connectivity index (χ0) is 14.7.